The number of nitrogens with one attached hydrogen (secondary N) is 1. The lowest BCUT2D eigenvalue weighted by atomic mass is 10.2. The number of aromatic amines is 1. The van der Waals surface area contributed by atoms with Gasteiger partial charge in [0.2, 0.25) is 0 Å². The summed E-state index contributed by atoms with van der Waals surface area (Å²) in [5.41, 5.74) is 7.42. The molecule has 1 aromatic carbocycles. The van der Waals surface area contributed by atoms with E-state index in [-0.39, 0.29) is 5.56 Å². The summed E-state index contributed by atoms with van der Waals surface area (Å²) in [6.45, 7) is 0. The van der Waals surface area contributed by atoms with E-state index >= 15 is 0 Å². The molecule has 0 aliphatic rings. The average Bonchev–Trinajstić information content (AvgIpc) is 2.31. The van der Waals surface area contributed by atoms with Crippen LogP contribution in [0.5, 0.6) is 0 Å². The number of nitrogen functional groups attached to an aromatic ring is 1. The number of halogens is 1. The third-order valence-electron chi connectivity index (χ3n) is 2.12. The number of H-pyrrole nitrogens is 1. The van der Waals surface area contributed by atoms with Crippen LogP contribution >= 0.6 is 27.7 Å². The van der Waals surface area contributed by atoms with Gasteiger partial charge in [0.25, 0.3) is 5.56 Å². The zero-order valence-corrected chi connectivity index (χ0v) is 11.2. The van der Waals surface area contributed by atoms with Crippen molar-refractivity contribution in [3.05, 3.63) is 50.9 Å². The Balaban J connectivity index is 2.13. The van der Waals surface area contributed by atoms with E-state index in [0.29, 0.717) is 16.6 Å². The summed E-state index contributed by atoms with van der Waals surface area (Å²) in [7, 11) is 0. The molecule has 0 atom stereocenters. The van der Waals surface area contributed by atoms with Crippen LogP contribution in [0.3, 0.4) is 0 Å². The van der Waals surface area contributed by atoms with Gasteiger partial charge >= 0.3 is 0 Å². The highest BCUT2D eigenvalue weighted by Crippen LogP contribution is 2.28. The zero-order valence-electron chi connectivity index (χ0n) is 8.81. The highest BCUT2D eigenvalue weighted by atomic mass is 79.9. The van der Waals surface area contributed by atoms with Crippen LogP contribution < -0.4 is 11.3 Å². The lowest BCUT2D eigenvalue weighted by Gasteiger charge is -2.05. The Labute approximate surface area is 111 Å². The van der Waals surface area contributed by atoms with Crippen molar-refractivity contribution in [2.45, 2.75) is 10.9 Å². The van der Waals surface area contributed by atoms with Crippen LogP contribution in [0.2, 0.25) is 0 Å². The number of nitrogens with two attached hydrogens (primary N) is 1. The van der Waals surface area contributed by atoms with Crippen LogP contribution in [0.15, 0.2) is 44.9 Å². The van der Waals surface area contributed by atoms with Gasteiger partial charge < -0.3 is 10.7 Å². The van der Waals surface area contributed by atoms with Gasteiger partial charge in [0.05, 0.1) is 0 Å². The van der Waals surface area contributed by atoms with Gasteiger partial charge in [-0.2, -0.15) is 0 Å². The fraction of sp³-hybridized carbons (Fsp3) is 0.0909. The molecule has 1 aromatic heterocycles. The Hall–Kier alpha value is -1.27. The molecule has 0 radical (unpaired) electrons. The maximum atomic E-state index is 11.1. The second-order valence-corrected chi connectivity index (χ2v) is 5.11. The van der Waals surface area contributed by atoms with Crippen LogP contribution in [0.25, 0.3) is 0 Å². The number of hydrogen-bond acceptors (Lipinski definition) is 4. The second-order valence-electron chi connectivity index (χ2n) is 3.35. The molecule has 0 amide bonds. The molecule has 2 aromatic rings. The van der Waals surface area contributed by atoms with E-state index in [0.717, 1.165) is 10.0 Å². The van der Waals surface area contributed by atoms with Crippen LogP contribution in [0.1, 0.15) is 5.56 Å². The molecule has 17 heavy (non-hydrogen) atoms. The Morgan fingerprint density at radius 3 is 3.00 bits per heavy atom. The minimum absolute atomic E-state index is 0.144. The Kier molecular flexibility index (Phi) is 3.86. The third kappa shape index (κ3) is 3.10. The van der Waals surface area contributed by atoms with E-state index in [9.17, 15) is 4.79 Å². The van der Waals surface area contributed by atoms with Crippen molar-refractivity contribution in [1.29, 1.82) is 0 Å². The summed E-state index contributed by atoms with van der Waals surface area (Å²) < 4.78 is 0.894. The number of benzene rings is 1. The predicted molar refractivity (Wildman–Crippen MR) is 73.0 cm³/mol. The van der Waals surface area contributed by atoms with Crippen LogP contribution in [-0.2, 0) is 5.75 Å². The molecule has 6 heteroatoms. The Bertz CT molecular complexity index is 585. The lowest BCUT2D eigenvalue weighted by Crippen LogP contribution is -2.05. The maximum absolute atomic E-state index is 11.1. The van der Waals surface area contributed by atoms with Crippen molar-refractivity contribution in [1.82, 2.24) is 9.97 Å². The average molecular weight is 312 g/mol. The molecular formula is C11H10BrN3OS. The minimum atomic E-state index is -0.144. The first-order chi connectivity index (χ1) is 8.16. The monoisotopic (exact) mass is 311 g/mol. The minimum Gasteiger partial charge on any atom is -0.398 e. The summed E-state index contributed by atoms with van der Waals surface area (Å²) in [6.07, 6.45) is 1.50. The lowest BCUT2D eigenvalue weighted by molar-refractivity contribution is 0.936. The topological polar surface area (TPSA) is 71.8 Å². The fourth-order valence-corrected chi connectivity index (χ4v) is 2.71. The highest BCUT2D eigenvalue weighted by Gasteiger charge is 2.04. The Morgan fingerprint density at radius 1 is 1.41 bits per heavy atom. The fourth-order valence-electron chi connectivity index (χ4n) is 1.28. The molecule has 4 nitrogen and oxygen atoms in total. The van der Waals surface area contributed by atoms with Gasteiger partial charge in [-0.3, -0.25) is 4.79 Å². The number of nitrogens with zero attached hydrogens (tertiary/aromatic N) is 1. The van der Waals surface area contributed by atoms with Gasteiger partial charge in [0.15, 0.2) is 5.16 Å². The molecule has 0 bridgehead atoms. The van der Waals surface area contributed by atoms with Gasteiger partial charge in [-0.25, -0.2) is 4.98 Å². The SMILES string of the molecule is Nc1cccc(CSc2nccc(=O)[nH]2)c1Br. The maximum Gasteiger partial charge on any atom is 0.251 e. The second kappa shape index (κ2) is 5.37. The first-order valence-corrected chi connectivity index (χ1v) is 6.65. The van der Waals surface area contributed by atoms with E-state index in [4.69, 9.17) is 5.73 Å². The molecule has 0 fully saturated rings. The summed E-state index contributed by atoms with van der Waals surface area (Å²) in [4.78, 5) is 17.8. The molecular weight excluding hydrogens is 302 g/mol. The highest BCUT2D eigenvalue weighted by molar-refractivity contribution is 9.10. The first-order valence-electron chi connectivity index (χ1n) is 4.88. The first kappa shape index (κ1) is 12.2. The molecule has 88 valence electrons. The number of hydrogen-bond donors (Lipinski definition) is 2. The smallest absolute Gasteiger partial charge is 0.251 e. The summed E-state index contributed by atoms with van der Waals surface area (Å²) in [6, 6.07) is 7.10. The van der Waals surface area contributed by atoms with Gasteiger partial charge in [0.1, 0.15) is 0 Å². The van der Waals surface area contributed by atoms with Crippen LogP contribution in [0.4, 0.5) is 5.69 Å². The standard InChI is InChI=1S/C11H10BrN3OS/c12-10-7(2-1-3-8(10)13)6-17-11-14-5-4-9(16)15-11/h1-5H,6,13H2,(H,14,15,16). The molecule has 0 saturated carbocycles. The van der Waals surface area contributed by atoms with Crippen molar-refractivity contribution >= 4 is 33.4 Å². The number of aromatic nitrogens is 2. The number of anilines is 1. The molecule has 0 aliphatic carbocycles. The molecule has 3 N–H and O–H groups in total. The van der Waals surface area contributed by atoms with E-state index < -0.39 is 0 Å². The van der Waals surface area contributed by atoms with E-state index in [1.165, 1.54) is 24.0 Å². The van der Waals surface area contributed by atoms with Gasteiger partial charge in [-0.1, -0.05) is 23.9 Å². The van der Waals surface area contributed by atoms with Crippen molar-refractivity contribution in [3.8, 4) is 0 Å². The predicted octanol–water partition coefficient (Wildman–Crippen LogP) is 2.41. The van der Waals surface area contributed by atoms with Crippen molar-refractivity contribution in [2.24, 2.45) is 0 Å². The van der Waals surface area contributed by atoms with Gasteiger partial charge in [0, 0.05) is 28.2 Å². The molecule has 0 unspecified atom stereocenters. The number of thioether (sulfide) groups is 1. The largest absolute Gasteiger partial charge is 0.398 e. The van der Waals surface area contributed by atoms with Gasteiger partial charge in [-0.15, -0.1) is 0 Å². The third-order valence-corrected chi connectivity index (χ3v) is 4.02. The summed E-state index contributed by atoms with van der Waals surface area (Å²) in [5, 5.41) is 0.604. The van der Waals surface area contributed by atoms with Crippen LogP contribution in [0, 0.1) is 0 Å². The normalized spacial score (nSPS) is 10.4. The van der Waals surface area contributed by atoms with Crippen molar-refractivity contribution in [3.63, 3.8) is 0 Å². The zero-order chi connectivity index (χ0) is 12.3. The van der Waals surface area contributed by atoms with Crippen molar-refractivity contribution < 1.29 is 0 Å². The molecule has 0 aliphatic heterocycles. The van der Waals surface area contributed by atoms with E-state index in [1.54, 1.807) is 0 Å². The van der Waals surface area contributed by atoms with Crippen LogP contribution in [-0.4, -0.2) is 9.97 Å². The quantitative estimate of drug-likeness (QED) is 0.519. The van der Waals surface area contributed by atoms with Gasteiger partial charge in [-0.05, 0) is 27.6 Å². The number of rotatable bonds is 3. The summed E-state index contributed by atoms with van der Waals surface area (Å²) in [5.74, 6) is 0.693. The molecule has 0 saturated heterocycles. The van der Waals surface area contributed by atoms with E-state index in [1.807, 2.05) is 18.2 Å². The van der Waals surface area contributed by atoms with Crippen molar-refractivity contribution in [2.75, 3.05) is 5.73 Å². The summed E-state index contributed by atoms with van der Waals surface area (Å²) >= 11 is 4.90. The Morgan fingerprint density at radius 2 is 2.24 bits per heavy atom. The molecule has 2 rings (SSSR count). The molecule has 1 heterocycles. The molecule has 0 spiro atoms. The van der Waals surface area contributed by atoms with E-state index in [2.05, 4.69) is 25.9 Å².